The van der Waals surface area contributed by atoms with Gasteiger partial charge in [-0.3, -0.25) is 4.79 Å². The summed E-state index contributed by atoms with van der Waals surface area (Å²) >= 11 is 5.98. The topological polar surface area (TPSA) is 34.0 Å². The van der Waals surface area contributed by atoms with E-state index >= 15 is 0 Å². The summed E-state index contributed by atoms with van der Waals surface area (Å²) in [6.07, 6.45) is 7.91. The van der Waals surface area contributed by atoms with E-state index in [4.69, 9.17) is 11.6 Å². The molecular weight excluding hydrogens is 387 g/mol. The molecule has 152 valence electrons. The summed E-state index contributed by atoms with van der Waals surface area (Å²) in [6.45, 7) is 2.63. The van der Waals surface area contributed by atoms with E-state index in [2.05, 4.69) is 12.2 Å². The van der Waals surface area contributed by atoms with Crippen molar-refractivity contribution >= 4 is 28.4 Å². The Bertz CT molecular complexity index is 1010. The van der Waals surface area contributed by atoms with Crippen LogP contribution in [0, 0.1) is 11.7 Å². The predicted molar refractivity (Wildman–Crippen MR) is 116 cm³/mol. The lowest BCUT2D eigenvalue weighted by atomic mass is 9.84. The number of fused-ring (bicyclic) bond motifs is 1. The van der Waals surface area contributed by atoms with E-state index in [1.54, 1.807) is 12.1 Å². The highest BCUT2D eigenvalue weighted by Crippen LogP contribution is 2.28. The first-order chi connectivity index (χ1) is 14.0. The molecule has 2 aromatic carbocycles. The highest BCUT2D eigenvalue weighted by atomic mass is 35.5. The number of benzene rings is 2. The lowest BCUT2D eigenvalue weighted by Gasteiger charge is -2.28. The minimum Gasteiger partial charge on any atom is -0.349 e. The Morgan fingerprint density at radius 1 is 1.14 bits per heavy atom. The van der Waals surface area contributed by atoms with Gasteiger partial charge in [0.25, 0.3) is 5.91 Å². The zero-order valence-electron chi connectivity index (χ0n) is 16.6. The molecule has 0 radical (unpaired) electrons. The number of carbonyl (C=O) groups excluding carboxylic acids is 1. The number of aromatic nitrogens is 1. The van der Waals surface area contributed by atoms with Crippen molar-refractivity contribution in [3.8, 4) is 0 Å². The van der Waals surface area contributed by atoms with Gasteiger partial charge in [-0.1, -0.05) is 43.0 Å². The van der Waals surface area contributed by atoms with E-state index in [0.29, 0.717) is 34.0 Å². The molecule has 1 fully saturated rings. The van der Waals surface area contributed by atoms with Gasteiger partial charge < -0.3 is 9.88 Å². The van der Waals surface area contributed by atoms with Gasteiger partial charge in [0, 0.05) is 29.2 Å². The highest BCUT2D eigenvalue weighted by Gasteiger charge is 2.23. The summed E-state index contributed by atoms with van der Waals surface area (Å²) in [7, 11) is 0. The van der Waals surface area contributed by atoms with Crippen molar-refractivity contribution in [1.29, 1.82) is 0 Å². The first-order valence-electron chi connectivity index (χ1n) is 10.4. The van der Waals surface area contributed by atoms with Crippen LogP contribution in [-0.2, 0) is 6.54 Å². The summed E-state index contributed by atoms with van der Waals surface area (Å²) in [4.78, 5) is 13.1. The van der Waals surface area contributed by atoms with Crippen molar-refractivity contribution in [2.75, 3.05) is 0 Å². The SMILES string of the molecule is CC(NC(=O)c1ccc(F)c2ccn(Cc3ccc(Cl)cc3)c12)C1CCCCC1. The summed E-state index contributed by atoms with van der Waals surface area (Å²) in [6, 6.07) is 12.4. The van der Waals surface area contributed by atoms with Crippen LogP contribution in [0.5, 0.6) is 0 Å². The Morgan fingerprint density at radius 2 is 1.86 bits per heavy atom. The molecule has 0 saturated heterocycles. The monoisotopic (exact) mass is 412 g/mol. The van der Waals surface area contributed by atoms with Crippen LogP contribution < -0.4 is 5.32 Å². The molecule has 1 heterocycles. The molecule has 1 aliphatic carbocycles. The minimum absolute atomic E-state index is 0.114. The lowest BCUT2D eigenvalue weighted by Crippen LogP contribution is -2.39. The summed E-state index contributed by atoms with van der Waals surface area (Å²) in [5.41, 5.74) is 2.19. The first-order valence-corrected chi connectivity index (χ1v) is 10.7. The Kier molecular flexibility index (Phi) is 5.91. The number of hydrogen-bond donors (Lipinski definition) is 1. The van der Waals surface area contributed by atoms with E-state index in [1.807, 2.05) is 35.0 Å². The Hall–Kier alpha value is -2.33. The largest absolute Gasteiger partial charge is 0.349 e. The van der Waals surface area contributed by atoms with Gasteiger partial charge in [0.2, 0.25) is 0 Å². The van der Waals surface area contributed by atoms with Crippen LogP contribution in [0.2, 0.25) is 5.02 Å². The van der Waals surface area contributed by atoms with Gasteiger partial charge >= 0.3 is 0 Å². The van der Waals surface area contributed by atoms with E-state index in [1.165, 1.54) is 25.3 Å². The minimum atomic E-state index is -0.313. The molecule has 1 N–H and O–H groups in total. The van der Waals surface area contributed by atoms with Crippen molar-refractivity contribution in [2.24, 2.45) is 5.92 Å². The van der Waals surface area contributed by atoms with Crippen molar-refractivity contribution in [3.63, 3.8) is 0 Å². The number of amides is 1. The van der Waals surface area contributed by atoms with Gasteiger partial charge in [-0.25, -0.2) is 4.39 Å². The van der Waals surface area contributed by atoms with Crippen molar-refractivity contribution < 1.29 is 9.18 Å². The first kappa shape index (κ1) is 20.0. The Balaban J connectivity index is 1.63. The summed E-state index contributed by atoms with van der Waals surface area (Å²) in [5, 5.41) is 4.32. The second-order valence-corrected chi connectivity index (χ2v) is 8.52. The molecule has 3 nitrogen and oxygen atoms in total. The third-order valence-electron chi connectivity index (χ3n) is 6.10. The number of nitrogens with zero attached hydrogens (tertiary/aromatic N) is 1. The van der Waals surface area contributed by atoms with E-state index in [9.17, 15) is 9.18 Å². The van der Waals surface area contributed by atoms with Gasteiger partial charge in [0.05, 0.1) is 11.1 Å². The fourth-order valence-electron chi connectivity index (χ4n) is 4.43. The molecule has 3 aromatic rings. The maximum absolute atomic E-state index is 14.4. The molecule has 0 aliphatic heterocycles. The quantitative estimate of drug-likeness (QED) is 0.533. The fourth-order valence-corrected chi connectivity index (χ4v) is 4.55. The second kappa shape index (κ2) is 8.58. The van der Waals surface area contributed by atoms with Crippen LogP contribution in [-0.4, -0.2) is 16.5 Å². The van der Waals surface area contributed by atoms with Gasteiger partial charge in [0.1, 0.15) is 5.82 Å². The van der Waals surface area contributed by atoms with Crippen LogP contribution in [0.3, 0.4) is 0 Å². The summed E-state index contributed by atoms with van der Waals surface area (Å²) < 4.78 is 16.4. The fraction of sp³-hybridized carbons (Fsp3) is 0.375. The molecule has 1 saturated carbocycles. The third kappa shape index (κ3) is 4.32. The van der Waals surface area contributed by atoms with Gasteiger partial charge in [-0.15, -0.1) is 0 Å². The number of rotatable bonds is 5. The predicted octanol–water partition coefficient (Wildman–Crippen LogP) is 6.18. The van der Waals surface area contributed by atoms with Gasteiger partial charge in [-0.2, -0.15) is 0 Å². The van der Waals surface area contributed by atoms with E-state index in [0.717, 1.165) is 18.4 Å². The molecule has 1 aliphatic rings. The van der Waals surface area contributed by atoms with Crippen molar-refractivity contribution in [1.82, 2.24) is 9.88 Å². The Labute approximate surface area is 175 Å². The molecule has 29 heavy (non-hydrogen) atoms. The van der Waals surface area contributed by atoms with Crippen LogP contribution in [0.15, 0.2) is 48.7 Å². The normalized spacial score (nSPS) is 16.1. The van der Waals surface area contributed by atoms with Gasteiger partial charge in [0.15, 0.2) is 0 Å². The molecule has 1 atom stereocenters. The number of carbonyl (C=O) groups is 1. The molecule has 1 unspecified atom stereocenters. The molecule has 0 bridgehead atoms. The Morgan fingerprint density at radius 3 is 2.59 bits per heavy atom. The number of nitrogens with one attached hydrogen (secondary N) is 1. The van der Waals surface area contributed by atoms with Crippen LogP contribution in [0.1, 0.15) is 54.9 Å². The molecule has 1 aromatic heterocycles. The molecule has 1 amide bonds. The van der Waals surface area contributed by atoms with E-state index < -0.39 is 0 Å². The van der Waals surface area contributed by atoms with Crippen molar-refractivity contribution in [3.05, 3.63) is 70.6 Å². The molecule has 5 heteroatoms. The molecular formula is C24H26ClFN2O. The average molecular weight is 413 g/mol. The maximum atomic E-state index is 14.4. The van der Waals surface area contributed by atoms with Gasteiger partial charge in [-0.05, 0) is 61.6 Å². The molecule has 4 rings (SSSR count). The number of hydrogen-bond acceptors (Lipinski definition) is 1. The van der Waals surface area contributed by atoms with E-state index in [-0.39, 0.29) is 17.8 Å². The van der Waals surface area contributed by atoms with Crippen LogP contribution in [0.25, 0.3) is 10.9 Å². The lowest BCUT2D eigenvalue weighted by molar-refractivity contribution is 0.0920. The zero-order valence-corrected chi connectivity index (χ0v) is 17.4. The average Bonchev–Trinajstić information content (AvgIpc) is 3.15. The maximum Gasteiger partial charge on any atom is 0.253 e. The van der Waals surface area contributed by atoms with Crippen LogP contribution >= 0.6 is 11.6 Å². The highest BCUT2D eigenvalue weighted by molar-refractivity contribution is 6.30. The zero-order chi connectivity index (χ0) is 20.4. The summed E-state index contributed by atoms with van der Waals surface area (Å²) in [5.74, 6) is 0.0698. The molecule has 0 spiro atoms. The standard InChI is InChI=1S/C24H26ClFN2O/c1-16(18-5-3-2-4-6-18)27-24(29)21-11-12-22(26)20-13-14-28(23(20)21)15-17-7-9-19(25)10-8-17/h7-14,16,18H,2-6,15H2,1H3,(H,27,29). The van der Waals surface area contributed by atoms with Crippen molar-refractivity contribution in [2.45, 2.75) is 51.6 Å². The van der Waals surface area contributed by atoms with Crippen LogP contribution in [0.4, 0.5) is 4.39 Å². The smallest absolute Gasteiger partial charge is 0.253 e. The second-order valence-electron chi connectivity index (χ2n) is 8.09. The number of halogens is 2. The third-order valence-corrected chi connectivity index (χ3v) is 6.35.